The second kappa shape index (κ2) is 5.99. The van der Waals surface area contributed by atoms with E-state index >= 15 is 0 Å². The van der Waals surface area contributed by atoms with Crippen molar-refractivity contribution in [2.75, 3.05) is 11.9 Å². The number of anilines is 1. The van der Waals surface area contributed by atoms with Gasteiger partial charge in [0.25, 0.3) is 5.69 Å². The van der Waals surface area contributed by atoms with Gasteiger partial charge >= 0.3 is 0 Å². The van der Waals surface area contributed by atoms with Gasteiger partial charge in [-0.2, -0.15) is 0 Å². The molecule has 0 radical (unpaired) electrons. The number of nitro benzene ring substituents is 1. The first-order valence-electron chi connectivity index (χ1n) is 6.12. The van der Waals surface area contributed by atoms with E-state index in [4.69, 9.17) is 0 Å². The highest BCUT2D eigenvalue weighted by Gasteiger charge is 2.15. The summed E-state index contributed by atoms with van der Waals surface area (Å²) in [6, 6.07) is 5.30. The largest absolute Gasteiger partial charge is 0.379 e. The van der Waals surface area contributed by atoms with Gasteiger partial charge in [-0.15, -0.1) is 0 Å². The van der Waals surface area contributed by atoms with Crippen LogP contribution in [-0.4, -0.2) is 21.0 Å². The molecule has 0 aliphatic heterocycles. The fraction of sp³-hybridized carbons (Fsp3) is 0.308. The van der Waals surface area contributed by atoms with E-state index in [9.17, 15) is 10.1 Å². The third kappa shape index (κ3) is 3.31. The van der Waals surface area contributed by atoms with Crippen LogP contribution in [0.25, 0.3) is 0 Å². The average molecular weight is 260 g/mol. The number of para-hydroxylation sites is 1. The zero-order valence-corrected chi connectivity index (χ0v) is 10.7. The molecule has 0 fully saturated rings. The molecule has 2 aromatic rings. The van der Waals surface area contributed by atoms with E-state index in [0.717, 1.165) is 13.0 Å². The zero-order chi connectivity index (χ0) is 13.7. The summed E-state index contributed by atoms with van der Waals surface area (Å²) in [6.45, 7) is 3.27. The molecule has 19 heavy (non-hydrogen) atoms. The quantitative estimate of drug-likeness (QED) is 0.492. The standard InChI is InChI=1S/C13H16N4O2/c1-11-4-2-5-12(13(11)17(18)19)15-6-3-8-16-9-7-14-10-16/h2,4-5,7,9-10,15H,3,6,8H2,1H3. The number of aromatic nitrogens is 2. The van der Waals surface area contributed by atoms with Crippen molar-refractivity contribution in [2.24, 2.45) is 0 Å². The minimum absolute atomic E-state index is 0.158. The maximum absolute atomic E-state index is 11.0. The molecule has 1 aromatic carbocycles. The number of rotatable bonds is 6. The van der Waals surface area contributed by atoms with Crippen molar-refractivity contribution in [3.63, 3.8) is 0 Å². The van der Waals surface area contributed by atoms with E-state index in [1.54, 1.807) is 31.6 Å². The first-order chi connectivity index (χ1) is 9.18. The molecule has 6 nitrogen and oxygen atoms in total. The van der Waals surface area contributed by atoms with Crippen LogP contribution in [0.3, 0.4) is 0 Å². The van der Waals surface area contributed by atoms with Crippen LogP contribution < -0.4 is 5.32 Å². The number of hydrogen-bond acceptors (Lipinski definition) is 4. The number of nitrogens with one attached hydrogen (secondary N) is 1. The second-order valence-corrected chi connectivity index (χ2v) is 4.31. The van der Waals surface area contributed by atoms with Gasteiger partial charge in [-0.05, 0) is 19.4 Å². The molecule has 1 aromatic heterocycles. The van der Waals surface area contributed by atoms with E-state index in [1.165, 1.54) is 0 Å². The van der Waals surface area contributed by atoms with Crippen molar-refractivity contribution in [1.29, 1.82) is 0 Å². The Balaban J connectivity index is 1.92. The predicted molar refractivity (Wildman–Crippen MR) is 73.2 cm³/mol. The van der Waals surface area contributed by atoms with Crippen LogP contribution in [-0.2, 0) is 6.54 Å². The summed E-state index contributed by atoms with van der Waals surface area (Å²) in [4.78, 5) is 14.6. The summed E-state index contributed by atoms with van der Waals surface area (Å²) < 4.78 is 1.98. The Bertz CT molecular complexity index is 552. The molecule has 0 bridgehead atoms. The van der Waals surface area contributed by atoms with Crippen molar-refractivity contribution < 1.29 is 4.92 Å². The smallest absolute Gasteiger partial charge is 0.295 e. The summed E-state index contributed by atoms with van der Waals surface area (Å²) in [5.41, 5.74) is 1.41. The highest BCUT2D eigenvalue weighted by atomic mass is 16.6. The Labute approximate surface area is 111 Å². The van der Waals surface area contributed by atoms with Crippen LogP contribution in [0, 0.1) is 17.0 Å². The molecule has 1 heterocycles. The number of nitro groups is 1. The van der Waals surface area contributed by atoms with Gasteiger partial charge in [-0.3, -0.25) is 10.1 Å². The maximum atomic E-state index is 11.0. The van der Waals surface area contributed by atoms with Gasteiger partial charge in [0.15, 0.2) is 0 Å². The molecule has 0 saturated heterocycles. The lowest BCUT2D eigenvalue weighted by atomic mass is 10.1. The minimum Gasteiger partial charge on any atom is -0.379 e. The Kier molecular flexibility index (Phi) is 4.12. The molecule has 0 atom stereocenters. The lowest BCUT2D eigenvalue weighted by molar-refractivity contribution is -0.384. The normalized spacial score (nSPS) is 10.4. The molecule has 0 unspecified atom stereocenters. The van der Waals surface area contributed by atoms with Crippen molar-refractivity contribution in [2.45, 2.75) is 19.9 Å². The summed E-state index contributed by atoms with van der Waals surface area (Å²) in [5, 5.41) is 14.1. The monoisotopic (exact) mass is 260 g/mol. The Morgan fingerprint density at radius 1 is 1.47 bits per heavy atom. The van der Waals surface area contributed by atoms with Crippen molar-refractivity contribution >= 4 is 11.4 Å². The molecular formula is C13H16N4O2. The molecule has 0 aliphatic rings. The van der Waals surface area contributed by atoms with E-state index in [0.29, 0.717) is 17.8 Å². The molecule has 6 heteroatoms. The van der Waals surface area contributed by atoms with Gasteiger partial charge in [0.2, 0.25) is 0 Å². The fourth-order valence-corrected chi connectivity index (χ4v) is 1.95. The number of benzene rings is 1. The minimum atomic E-state index is -0.340. The van der Waals surface area contributed by atoms with E-state index < -0.39 is 0 Å². The van der Waals surface area contributed by atoms with Crippen LogP contribution in [0.4, 0.5) is 11.4 Å². The van der Waals surface area contributed by atoms with E-state index in [2.05, 4.69) is 10.3 Å². The number of nitrogens with zero attached hydrogens (tertiary/aromatic N) is 3. The number of aryl methyl sites for hydroxylation is 2. The van der Waals surface area contributed by atoms with Crippen LogP contribution in [0.5, 0.6) is 0 Å². The lowest BCUT2D eigenvalue weighted by Crippen LogP contribution is -2.08. The first-order valence-corrected chi connectivity index (χ1v) is 6.12. The average Bonchev–Trinajstić information content (AvgIpc) is 2.87. The number of imidazole rings is 1. The SMILES string of the molecule is Cc1cccc(NCCCn2ccnc2)c1[N+](=O)[O-]. The van der Waals surface area contributed by atoms with Crippen molar-refractivity contribution in [1.82, 2.24) is 9.55 Å². The highest BCUT2D eigenvalue weighted by molar-refractivity contribution is 5.64. The van der Waals surface area contributed by atoms with Crippen LogP contribution >= 0.6 is 0 Å². The lowest BCUT2D eigenvalue weighted by Gasteiger charge is -2.08. The van der Waals surface area contributed by atoms with Gasteiger partial charge in [0, 0.05) is 31.0 Å². The molecule has 0 amide bonds. The second-order valence-electron chi connectivity index (χ2n) is 4.31. The molecule has 0 saturated carbocycles. The Morgan fingerprint density at radius 2 is 2.32 bits per heavy atom. The predicted octanol–water partition coefficient (Wildman–Crippen LogP) is 2.60. The molecule has 2 rings (SSSR count). The van der Waals surface area contributed by atoms with Crippen LogP contribution in [0.15, 0.2) is 36.9 Å². The summed E-state index contributed by atoms with van der Waals surface area (Å²) in [6.07, 6.45) is 6.27. The summed E-state index contributed by atoms with van der Waals surface area (Å²) in [5.74, 6) is 0. The van der Waals surface area contributed by atoms with Gasteiger partial charge in [0.05, 0.1) is 11.3 Å². The van der Waals surface area contributed by atoms with Gasteiger partial charge < -0.3 is 9.88 Å². The first kappa shape index (κ1) is 13.1. The third-order valence-corrected chi connectivity index (χ3v) is 2.89. The van der Waals surface area contributed by atoms with Gasteiger partial charge in [-0.25, -0.2) is 4.98 Å². The number of hydrogen-bond donors (Lipinski definition) is 1. The van der Waals surface area contributed by atoms with E-state index in [-0.39, 0.29) is 10.6 Å². The Morgan fingerprint density at radius 3 is 3.00 bits per heavy atom. The molecule has 1 N–H and O–H groups in total. The third-order valence-electron chi connectivity index (χ3n) is 2.89. The van der Waals surface area contributed by atoms with Crippen LogP contribution in [0.2, 0.25) is 0 Å². The Hall–Kier alpha value is -2.37. The maximum Gasteiger partial charge on any atom is 0.295 e. The molecule has 0 spiro atoms. The molecular weight excluding hydrogens is 244 g/mol. The van der Waals surface area contributed by atoms with Gasteiger partial charge in [0.1, 0.15) is 5.69 Å². The zero-order valence-electron chi connectivity index (χ0n) is 10.7. The highest BCUT2D eigenvalue weighted by Crippen LogP contribution is 2.27. The van der Waals surface area contributed by atoms with Crippen molar-refractivity contribution in [3.8, 4) is 0 Å². The summed E-state index contributed by atoms with van der Waals surface area (Å²) >= 11 is 0. The van der Waals surface area contributed by atoms with E-state index in [1.807, 2.05) is 16.8 Å². The fourth-order valence-electron chi connectivity index (χ4n) is 1.95. The molecule has 100 valence electrons. The van der Waals surface area contributed by atoms with Crippen LogP contribution in [0.1, 0.15) is 12.0 Å². The summed E-state index contributed by atoms with van der Waals surface area (Å²) in [7, 11) is 0. The molecule has 0 aliphatic carbocycles. The topological polar surface area (TPSA) is 73.0 Å². The van der Waals surface area contributed by atoms with Crippen molar-refractivity contribution in [3.05, 3.63) is 52.6 Å². The van der Waals surface area contributed by atoms with Gasteiger partial charge in [-0.1, -0.05) is 12.1 Å².